The van der Waals surface area contributed by atoms with Gasteiger partial charge in [0.2, 0.25) is 6.10 Å². The van der Waals surface area contributed by atoms with Gasteiger partial charge in [-0.15, -0.1) is 0 Å². The fourth-order valence-corrected chi connectivity index (χ4v) is 2.12. The molecule has 0 saturated carbocycles. The summed E-state index contributed by atoms with van der Waals surface area (Å²) < 4.78 is 47.0. The van der Waals surface area contributed by atoms with Crippen molar-refractivity contribution in [2.45, 2.75) is 12.3 Å². The minimum atomic E-state index is -4.74. The number of carbonyl (C=O) groups excluding carboxylic acids is 1. The van der Waals surface area contributed by atoms with Crippen LogP contribution in [0.5, 0.6) is 0 Å². The van der Waals surface area contributed by atoms with Gasteiger partial charge in [-0.3, -0.25) is 4.68 Å². The van der Waals surface area contributed by atoms with Gasteiger partial charge in [-0.2, -0.15) is 18.3 Å². The molecular formula is C14H11F3N4O2. The lowest BCUT2D eigenvalue weighted by atomic mass is 10.2. The number of nitrogens with zero attached hydrogens (tertiary/aromatic N) is 4. The SMILES string of the molecule is Cn1cc([C@@H](OC(=O)c2ccn3cncc3c2)C(F)(F)F)cn1. The van der Waals surface area contributed by atoms with Crippen LogP contribution in [0, 0.1) is 0 Å². The van der Waals surface area contributed by atoms with E-state index in [1.807, 2.05) is 0 Å². The van der Waals surface area contributed by atoms with E-state index in [9.17, 15) is 18.0 Å². The summed E-state index contributed by atoms with van der Waals surface area (Å²) >= 11 is 0. The van der Waals surface area contributed by atoms with E-state index in [1.54, 1.807) is 4.40 Å². The van der Waals surface area contributed by atoms with Gasteiger partial charge in [0.1, 0.15) is 0 Å². The normalized spacial score (nSPS) is 13.2. The first-order valence-corrected chi connectivity index (χ1v) is 6.52. The summed E-state index contributed by atoms with van der Waals surface area (Å²) in [6.45, 7) is 0. The van der Waals surface area contributed by atoms with E-state index < -0.39 is 18.2 Å². The third-order valence-corrected chi connectivity index (χ3v) is 3.20. The second-order valence-electron chi connectivity index (χ2n) is 4.92. The number of ether oxygens (including phenoxy) is 1. The lowest BCUT2D eigenvalue weighted by Gasteiger charge is -2.19. The Labute approximate surface area is 128 Å². The van der Waals surface area contributed by atoms with E-state index in [4.69, 9.17) is 0 Å². The molecule has 0 amide bonds. The van der Waals surface area contributed by atoms with Crippen LogP contribution in [0.15, 0.2) is 43.2 Å². The number of hydrogen-bond acceptors (Lipinski definition) is 4. The number of aromatic nitrogens is 4. The minimum Gasteiger partial charge on any atom is -0.444 e. The molecule has 0 N–H and O–H groups in total. The van der Waals surface area contributed by atoms with Crippen LogP contribution in [-0.4, -0.2) is 31.3 Å². The molecule has 0 aliphatic heterocycles. The van der Waals surface area contributed by atoms with Crippen molar-refractivity contribution >= 4 is 11.5 Å². The van der Waals surface area contributed by atoms with Gasteiger partial charge in [-0.05, 0) is 12.1 Å². The molecule has 0 aliphatic rings. The van der Waals surface area contributed by atoms with Crippen molar-refractivity contribution in [2.75, 3.05) is 0 Å². The van der Waals surface area contributed by atoms with Crippen LogP contribution < -0.4 is 0 Å². The number of pyridine rings is 1. The number of halogens is 3. The molecule has 3 aromatic heterocycles. The Kier molecular flexibility index (Phi) is 3.55. The number of aryl methyl sites for hydroxylation is 1. The van der Waals surface area contributed by atoms with Crippen molar-refractivity contribution < 1.29 is 22.7 Å². The van der Waals surface area contributed by atoms with Crippen LogP contribution in [0.3, 0.4) is 0 Å². The molecule has 0 aromatic carbocycles. The van der Waals surface area contributed by atoms with Crippen LogP contribution >= 0.6 is 0 Å². The summed E-state index contributed by atoms with van der Waals surface area (Å²) in [5.41, 5.74) is 0.347. The summed E-state index contributed by atoms with van der Waals surface area (Å²) in [6, 6.07) is 2.78. The van der Waals surface area contributed by atoms with Crippen molar-refractivity contribution in [3.63, 3.8) is 0 Å². The first-order chi connectivity index (χ1) is 10.8. The van der Waals surface area contributed by atoms with Crippen molar-refractivity contribution in [2.24, 2.45) is 7.05 Å². The van der Waals surface area contributed by atoms with Gasteiger partial charge in [0.15, 0.2) is 0 Å². The molecular weight excluding hydrogens is 313 g/mol. The Morgan fingerprint density at radius 1 is 1.35 bits per heavy atom. The highest BCUT2D eigenvalue weighted by Gasteiger charge is 2.45. The molecule has 23 heavy (non-hydrogen) atoms. The van der Waals surface area contributed by atoms with Gasteiger partial charge >= 0.3 is 12.1 Å². The monoisotopic (exact) mass is 324 g/mol. The van der Waals surface area contributed by atoms with Crippen molar-refractivity contribution in [1.29, 1.82) is 0 Å². The van der Waals surface area contributed by atoms with Crippen molar-refractivity contribution in [1.82, 2.24) is 19.2 Å². The van der Waals surface area contributed by atoms with E-state index in [2.05, 4.69) is 14.8 Å². The number of carbonyl (C=O) groups is 1. The number of esters is 1. The molecule has 0 radical (unpaired) electrons. The molecule has 9 heteroatoms. The highest BCUT2D eigenvalue weighted by Crippen LogP contribution is 2.36. The Balaban J connectivity index is 1.88. The van der Waals surface area contributed by atoms with E-state index >= 15 is 0 Å². The zero-order chi connectivity index (χ0) is 16.6. The van der Waals surface area contributed by atoms with Gasteiger partial charge in [0, 0.05) is 25.0 Å². The third kappa shape index (κ3) is 3.03. The van der Waals surface area contributed by atoms with E-state index in [-0.39, 0.29) is 11.1 Å². The molecule has 120 valence electrons. The smallest absolute Gasteiger partial charge is 0.429 e. The van der Waals surface area contributed by atoms with Crippen molar-refractivity contribution in [3.8, 4) is 0 Å². The summed E-state index contributed by atoms with van der Waals surface area (Å²) in [5.74, 6) is -1.07. The fourth-order valence-electron chi connectivity index (χ4n) is 2.12. The highest BCUT2D eigenvalue weighted by molar-refractivity contribution is 5.90. The molecule has 3 heterocycles. The maximum absolute atomic E-state index is 13.2. The molecule has 6 nitrogen and oxygen atoms in total. The molecule has 0 saturated heterocycles. The zero-order valence-electron chi connectivity index (χ0n) is 11.9. The van der Waals surface area contributed by atoms with Crippen LogP contribution in [0.25, 0.3) is 5.52 Å². The second-order valence-corrected chi connectivity index (χ2v) is 4.92. The average Bonchev–Trinajstić information content (AvgIpc) is 3.10. The summed E-state index contributed by atoms with van der Waals surface area (Å²) in [5, 5.41) is 3.68. The Morgan fingerprint density at radius 3 is 2.78 bits per heavy atom. The zero-order valence-corrected chi connectivity index (χ0v) is 11.9. The quantitative estimate of drug-likeness (QED) is 0.695. The Hall–Kier alpha value is -2.84. The molecule has 0 aliphatic carbocycles. The highest BCUT2D eigenvalue weighted by atomic mass is 19.4. The maximum atomic E-state index is 13.2. The summed E-state index contributed by atoms with van der Waals surface area (Å²) in [7, 11) is 1.48. The standard InChI is InChI=1S/C14H11F3N4O2/c1-20-7-10(5-19-20)12(14(15,16)17)23-13(22)9-2-3-21-8-18-6-11(21)4-9/h2-8,12H,1H3/t12-/m1/s1. The number of fused-ring (bicyclic) bond motifs is 1. The molecule has 0 unspecified atom stereocenters. The third-order valence-electron chi connectivity index (χ3n) is 3.20. The molecule has 1 atom stereocenters. The maximum Gasteiger partial charge on any atom is 0.429 e. The largest absolute Gasteiger partial charge is 0.444 e. The van der Waals surface area contributed by atoms with Gasteiger partial charge in [0.25, 0.3) is 0 Å². The van der Waals surface area contributed by atoms with Crippen LogP contribution in [-0.2, 0) is 11.8 Å². The van der Waals surface area contributed by atoms with E-state index in [0.717, 1.165) is 12.4 Å². The predicted octanol–water partition coefficient (Wildman–Crippen LogP) is 2.53. The average molecular weight is 324 g/mol. The fraction of sp³-hybridized carbons (Fsp3) is 0.214. The Bertz CT molecular complexity index is 853. The summed E-state index contributed by atoms with van der Waals surface area (Å²) in [6.07, 6.45) is -0.412. The van der Waals surface area contributed by atoms with Gasteiger partial charge in [-0.1, -0.05) is 0 Å². The lowest BCUT2D eigenvalue weighted by Crippen LogP contribution is -2.26. The number of hydrogen-bond donors (Lipinski definition) is 0. The number of imidazole rings is 1. The van der Waals surface area contributed by atoms with E-state index in [1.165, 1.54) is 42.6 Å². The molecule has 0 fully saturated rings. The second kappa shape index (κ2) is 5.41. The van der Waals surface area contributed by atoms with Gasteiger partial charge in [0.05, 0.1) is 29.8 Å². The topological polar surface area (TPSA) is 61.4 Å². The van der Waals surface area contributed by atoms with Gasteiger partial charge in [-0.25, -0.2) is 9.78 Å². The molecule has 0 spiro atoms. The van der Waals surface area contributed by atoms with Gasteiger partial charge < -0.3 is 9.14 Å². The van der Waals surface area contributed by atoms with Crippen molar-refractivity contribution in [3.05, 3.63) is 54.4 Å². The first kappa shape index (κ1) is 15.1. The molecule has 0 bridgehead atoms. The minimum absolute atomic E-state index is 0.0103. The number of rotatable bonds is 3. The lowest BCUT2D eigenvalue weighted by molar-refractivity contribution is -0.207. The number of alkyl halides is 3. The predicted molar refractivity (Wildman–Crippen MR) is 72.6 cm³/mol. The summed E-state index contributed by atoms with van der Waals surface area (Å²) in [4.78, 5) is 15.9. The first-order valence-electron chi connectivity index (χ1n) is 6.52. The molecule has 3 aromatic rings. The van der Waals surface area contributed by atoms with E-state index in [0.29, 0.717) is 5.52 Å². The van der Waals surface area contributed by atoms with Crippen LogP contribution in [0.1, 0.15) is 22.0 Å². The van der Waals surface area contributed by atoms with Crippen LogP contribution in [0.4, 0.5) is 13.2 Å². The molecule has 3 rings (SSSR count). The Morgan fingerprint density at radius 2 is 2.13 bits per heavy atom. The van der Waals surface area contributed by atoms with Crippen LogP contribution in [0.2, 0.25) is 0 Å².